The molecule has 0 amide bonds. The molecule has 1 atom stereocenters. The Morgan fingerprint density at radius 2 is 1.83 bits per heavy atom. The summed E-state index contributed by atoms with van der Waals surface area (Å²) in [4.78, 5) is 2.17. The second-order valence-electron chi connectivity index (χ2n) is 7.17. The van der Waals surface area contributed by atoms with Gasteiger partial charge < -0.3 is 14.6 Å². The highest BCUT2D eigenvalue weighted by atomic mass is 19.1. The zero-order valence-electron chi connectivity index (χ0n) is 14.1. The summed E-state index contributed by atoms with van der Waals surface area (Å²) in [5.74, 6) is -1.09. The smallest absolute Gasteiger partial charge is 0.126 e. The molecule has 2 saturated heterocycles. The van der Waals surface area contributed by atoms with Crippen LogP contribution in [0.5, 0.6) is 0 Å². The lowest BCUT2D eigenvalue weighted by Crippen LogP contribution is -2.55. The van der Waals surface area contributed by atoms with Crippen LogP contribution in [0.3, 0.4) is 0 Å². The van der Waals surface area contributed by atoms with E-state index in [1.165, 1.54) is 12.1 Å². The number of hydrogen-bond donors (Lipinski definition) is 1. The second-order valence-corrected chi connectivity index (χ2v) is 7.17. The van der Waals surface area contributed by atoms with Gasteiger partial charge in [-0.1, -0.05) is 0 Å². The summed E-state index contributed by atoms with van der Waals surface area (Å²) in [7, 11) is 1.60. The van der Waals surface area contributed by atoms with Crippen LogP contribution in [0.25, 0.3) is 0 Å². The second kappa shape index (κ2) is 7.04. The lowest BCUT2D eigenvalue weighted by atomic mass is 9.77. The minimum absolute atomic E-state index is 0.310. The highest BCUT2D eigenvalue weighted by Crippen LogP contribution is 2.40. The lowest BCUT2D eigenvalue weighted by Gasteiger charge is -2.49. The molecule has 24 heavy (non-hydrogen) atoms. The van der Waals surface area contributed by atoms with Crippen molar-refractivity contribution < 1.29 is 23.4 Å². The van der Waals surface area contributed by atoms with Crippen molar-refractivity contribution in [1.82, 2.24) is 4.90 Å². The molecule has 0 saturated carbocycles. The Kier molecular flexibility index (Phi) is 5.20. The molecule has 134 valence electrons. The van der Waals surface area contributed by atoms with E-state index in [9.17, 15) is 13.9 Å². The molecule has 2 aliphatic heterocycles. The molecular formula is C18H25F2NO3. The van der Waals surface area contributed by atoms with Crippen LogP contribution in [0.1, 0.15) is 31.2 Å². The molecule has 1 aromatic carbocycles. The van der Waals surface area contributed by atoms with Gasteiger partial charge in [0.2, 0.25) is 0 Å². The fourth-order valence-electron chi connectivity index (χ4n) is 3.99. The number of methoxy groups -OCH3 is 1. The molecule has 1 N–H and O–H groups in total. The molecule has 3 rings (SSSR count). The SMILES string of the molecule is COCC1(O)CCOC2(CCN(Cc3cc(F)cc(F)c3)CC2)C1. The molecule has 0 aliphatic carbocycles. The van der Waals surface area contributed by atoms with E-state index in [1.807, 2.05) is 0 Å². The van der Waals surface area contributed by atoms with Crippen molar-refractivity contribution in [1.29, 1.82) is 0 Å². The Morgan fingerprint density at radius 3 is 2.46 bits per heavy atom. The van der Waals surface area contributed by atoms with E-state index in [1.54, 1.807) is 7.11 Å². The predicted octanol–water partition coefficient (Wildman–Crippen LogP) is 2.49. The van der Waals surface area contributed by atoms with Crippen LogP contribution < -0.4 is 0 Å². The zero-order chi connectivity index (χ0) is 17.2. The van der Waals surface area contributed by atoms with E-state index in [0.29, 0.717) is 38.2 Å². The molecule has 0 bridgehead atoms. The third-order valence-corrected chi connectivity index (χ3v) is 5.14. The first-order valence-electron chi connectivity index (χ1n) is 8.45. The van der Waals surface area contributed by atoms with Gasteiger partial charge in [0.1, 0.15) is 11.6 Å². The van der Waals surface area contributed by atoms with Gasteiger partial charge in [0.05, 0.1) is 24.4 Å². The third kappa shape index (κ3) is 4.11. The Balaban J connectivity index is 1.59. The summed E-state index contributed by atoms with van der Waals surface area (Å²) in [5.41, 5.74) is -0.486. The largest absolute Gasteiger partial charge is 0.387 e. The number of rotatable bonds is 4. The Morgan fingerprint density at radius 1 is 1.17 bits per heavy atom. The van der Waals surface area contributed by atoms with Crippen LogP contribution in [0.15, 0.2) is 18.2 Å². The number of halogens is 2. The third-order valence-electron chi connectivity index (χ3n) is 5.14. The van der Waals surface area contributed by atoms with Gasteiger partial charge in [0.25, 0.3) is 0 Å². The van der Waals surface area contributed by atoms with Gasteiger partial charge in [-0.25, -0.2) is 8.78 Å². The maximum Gasteiger partial charge on any atom is 0.126 e. The van der Waals surface area contributed by atoms with Crippen molar-refractivity contribution in [2.75, 3.05) is 33.4 Å². The summed E-state index contributed by atoms with van der Waals surface area (Å²) in [6, 6.07) is 3.64. The molecule has 1 unspecified atom stereocenters. The number of nitrogens with zero attached hydrogens (tertiary/aromatic N) is 1. The van der Waals surface area contributed by atoms with Gasteiger partial charge in [-0.2, -0.15) is 0 Å². The topological polar surface area (TPSA) is 41.9 Å². The van der Waals surface area contributed by atoms with E-state index in [4.69, 9.17) is 9.47 Å². The first-order chi connectivity index (χ1) is 11.4. The fourth-order valence-corrected chi connectivity index (χ4v) is 3.99. The Labute approximate surface area is 141 Å². The maximum atomic E-state index is 13.3. The molecule has 0 aromatic heterocycles. The summed E-state index contributed by atoms with van der Waals surface area (Å²) < 4.78 is 37.8. The first-order valence-corrected chi connectivity index (χ1v) is 8.45. The standard InChI is InChI=1S/C18H25F2NO3/c1-23-13-17(22)4-7-24-18(12-17)2-5-21(6-3-18)11-14-8-15(19)10-16(20)9-14/h8-10,22H,2-7,11-13H2,1H3. The summed E-state index contributed by atoms with van der Waals surface area (Å²) in [6.07, 6.45) is 2.78. The van der Waals surface area contributed by atoms with Crippen LogP contribution in [0.2, 0.25) is 0 Å². The van der Waals surface area contributed by atoms with E-state index < -0.39 is 17.2 Å². The molecule has 2 fully saturated rings. The van der Waals surface area contributed by atoms with Crippen LogP contribution >= 0.6 is 0 Å². The number of ether oxygens (including phenoxy) is 2. The summed E-state index contributed by atoms with van der Waals surface area (Å²) >= 11 is 0. The average Bonchev–Trinajstić information content (AvgIpc) is 2.49. The van der Waals surface area contributed by atoms with Gasteiger partial charge in [0, 0.05) is 45.7 Å². The maximum absolute atomic E-state index is 13.3. The molecule has 1 aromatic rings. The van der Waals surface area contributed by atoms with Crippen molar-refractivity contribution in [3.05, 3.63) is 35.4 Å². The van der Waals surface area contributed by atoms with Gasteiger partial charge in [-0.3, -0.25) is 4.90 Å². The lowest BCUT2D eigenvalue weighted by molar-refractivity contribution is -0.191. The molecule has 0 radical (unpaired) electrons. The van der Waals surface area contributed by atoms with Crippen molar-refractivity contribution in [2.24, 2.45) is 0 Å². The molecule has 6 heteroatoms. The number of likely N-dealkylation sites (tertiary alicyclic amines) is 1. The van der Waals surface area contributed by atoms with Crippen LogP contribution in [0, 0.1) is 11.6 Å². The molecule has 2 aliphatic rings. The minimum atomic E-state index is -0.819. The van der Waals surface area contributed by atoms with Gasteiger partial charge >= 0.3 is 0 Å². The van der Waals surface area contributed by atoms with E-state index in [2.05, 4.69) is 4.90 Å². The predicted molar refractivity (Wildman–Crippen MR) is 85.6 cm³/mol. The molecule has 2 heterocycles. The van der Waals surface area contributed by atoms with E-state index in [0.717, 1.165) is 32.0 Å². The van der Waals surface area contributed by atoms with Crippen LogP contribution in [0.4, 0.5) is 8.78 Å². The van der Waals surface area contributed by atoms with E-state index in [-0.39, 0.29) is 5.60 Å². The molecule has 4 nitrogen and oxygen atoms in total. The normalized spacial score (nSPS) is 27.5. The van der Waals surface area contributed by atoms with Gasteiger partial charge in [-0.15, -0.1) is 0 Å². The minimum Gasteiger partial charge on any atom is -0.387 e. The summed E-state index contributed by atoms with van der Waals surface area (Å²) in [6.45, 7) is 2.94. The fraction of sp³-hybridized carbons (Fsp3) is 0.667. The molecule has 1 spiro atoms. The van der Waals surface area contributed by atoms with Crippen molar-refractivity contribution in [2.45, 2.75) is 43.4 Å². The van der Waals surface area contributed by atoms with Gasteiger partial charge in [0.15, 0.2) is 0 Å². The zero-order valence-corrected chi connectivity index (χ0v) is 14.1. The number of piperidine rings is 1. The van der Waals surface area contributed by atoms with Crippen LogP contribution in [-0.2, 0) is 16.0 Å². The van der Waals surface area contributed by atoms with Crippen LogP contribution in [-0.4, -0.2) is 54.6 Å². The number of aliphatic hydroxyl groups is 1. The van der Waals surface area contributed by atoms with Crippen molar-refractivity contribution in [3.8, 4) is 0 Å². The Bertz CT molecular complexity index is 551. The molecular weight excluding hydrogens is 316 g/mol. The highest BCUT2D eigenvalue weighted by Gasteiger charge is 2.46. The number of benzene rings is 1. The monoisotopic (exact) mass is 341 g/mol. The quantitative estimate of drug-likeness (QED) is 0.914. The van der Waals surface area contributed by atoms with Gasteiger partial charge in [-0.05, 0) is 30.5 Å². The van der Waals surface area contributed by atoms with E-state index >= 15 is 0 Å². The summed E-state index contributed by atoms with van der Waals surface area (Å²) in [5, 5.41) is 10.6. The number of hydrogen-bond acceptors (Lipinski definition) is 4. The highest BCUT2D eigenvalue weighted by molar-refractivity contribution is 5.18. The Hall–Kier alpha value is -1.08. The van der Waals surface area contributed by atoms with Crippen molar-refractivity contribution >= 4 is 0 Å². The van der Waals surface area contributed by atoms with Crippen molar-refractivity contribution in [3.63, 3.8) is 0 Å². The average molecular weight is 341 g/mol. The first kappa shape index (κ1) is 17.7.